The van der Waals surface area contributed by atoms with Gasteiger partial charge in [-0.05, 0) is 12.3 Å². The van der Waals surface area contributed by atoms with Gasteiger partial charge in [0.2, 0.25) is 0 Å². The van der Waals surface area contributed by atoms with E-state index in [1.807, 2.05) is 0 Å². The molecule has 0 aliphatic heterocycles. The van der Waals surface area contributed by atoms with Crippen molar-refractivity contribution in [1.29, 1.82) is 0 Å². The Morgan fingerprint density at radius 2 is 1.30 bits per heavy atom. The van der Waals surface area contributed by atoms with Crippen molar-refractivity contribution >= 4 is 5.97 Å². The molecule has 0 atom stereocenters. The summed E-state index contributed by atoms with van der Waals surface area (Å²) in [5.74, 6) is -37.2. The van der Waals surface area contributed by atoms with Crippen LogP contribution in [0.1, 0.15) is 44.9 Å². The van der Waals surface area contributed by atoms with Crippen LogP contribution in [0, 0.1) is 5.92 Å². The molecule has 0 bridgehead atoms. The van der Waals surface area contributed by atoms with Gasteiger partial charge >= 0.3 is 42.0 Å². The van der Waals surface area contributed by atoms with E-state index in [4.69, 9.17) is 0 Å². The van der Waals surface area contributed by atoms with Crippen LogP contribution in [-0.2, 0) is 9.53 Å². The van der Waals surface area contributed by atoms with E-state index in [-0.39, 0.29) is 12.3 Å². The molecule has 0 aromatic carbocycles. The Kier molecular flexibility index (Phi) is 8.01. The lowest BCUT2D eigenvalue weighted by atomic mass is 9.86. The molecular formula is C16H18F12O2. The molecule has 30 heavy (non-hydrogen) atoms. The second-order valence-electron chi connectivity index (χ2n) is 7.05. The highest BCUT2D eigenvalue weighted by atomic mass is 19.4. The van der Waals surface area contributed by atoms with Crippen molar-refractivity contribution in [2.24, 2.45) is 5.92 Å². The lowest BCUT2D eigenvalue weighted by Crippen LogP contribution is -2.69. The van der Waals surface area contributed by atoms with E-state index in [1.54, 1.807) is 0 Å². The van der Waals surface area contributed by atoms with E-state index in [0.29, 0.717) is 12.8 Å². The molecule has 1 aliphatic carbocycles. The smallest absolute Gasteiger partial charge is 0.384 e. The zero-order valence-corrected chi connectivity index (χ0v) is 15.2. The van der Waals surface area contributed by atoms with Crippen LogP contribution in [0.2, 0.25) is 0 Å². The Labute approximate surface area is 162 Å². The lowest BCUT2D eigenvalue weighted by molar-refractivity contribution is -0.414. The third kappa shape index (κ3) is 4.92. The first kappa shape index (κ1) is 26.7. The van der Waals surface area contributed by atoms with Crippen LogP contribution >= 0.6 is 0 Å². The molecule has 178 valence electrons. The Morgan fingerprint density at radius 1 is 0.800 bits per heavy atom. The summed E-state index contributed by atoms with van der Waals surface area (Å²) in [6.45, 7) is -2.84. The van der Waals surface area contributed by atoms with Gasteiger partial charge in [-0.3, -0.25) is 4.79 Å². The van der Waals surface area contributed by atoms with Gasteiger partial charge in [-0.15, -0.1) is 0 Å². The minimum Gasteiger partial charge on any atom is -0.459 e. The third-order valence-corrected chi connectivity index (χ3v) is 4.84. The first-order valence-corrected chi connectivity index (χ1v) is 8.74. The fourth-order valence-corrected chi connectivity index (χ4v) is 2.90. The first-order valence-electron chi connectivity index (χ1n) is 8.74. The Morgan fingerprint density at radius 3 is 1.77 bits per heavy atom. The summed E-state index contributed by atoms with van der Waals surface area (Å²) in [4.78, 5) is 11.4. The maximum Gasteiger partial charge on any atom is 0.384 e. The van der Waals surface area contributed by atoms with E-state index < -0.39 is 55.0 Å². The van der Waals surface area contributed by atoms with Crippen molar-refractivity contribution in [3.05, 3.63) is 0 Å². The second-order valence-corrected chi connectivity index (χ2v) is 7.05. The topological polar surface area (TPSA) is 26.3 Å². The molecule has 0 radical (unpaired) electrons. The van der Waals surface area contributed by atoms with Crippen molar-refractivity contribution in [2.45, 2.75) is 81.0 Å². The third-order valence-electron chi connectivity index (χ3n) is 4.84. The van der Waals surface area contributed by atoms with Crippen LogP contribution in [-0.4, -0.2) is 48.6 Å². The van der Waals surface area contributed by atoms with E-state index >= 15 is 0 Å². The quantitative estimate of drug-likeness (QED) is 0.276. The summed E-state index contributed by atoms with van der Waals surface area (Å²) in [7, 11) is 0. The van der Waals surface area contributed by atoms with Gasteiger partial charge in [0.25, 0.3) is 0 Å². The van der Waals surface area contributed by atoms with Gasteiger partial charge in [-0.2, -0.15) is 43.9 Å². The Bertz CT molecular complexity index is 585. The molecule has 0 aromatic heterocycles. The number of esters is 1. The van der Waals surface area contributed by atoms with Crippen LogP contribution in [0.3, 0.4) is 0 Å². The number of ether oxygens (including phenoxy) is 1. The van der Waals surface area contributed by atoms with E-state index in [1.165, 1.54) is 0 Å². The van der Waals surface area contributed by atoms with Gasteiger partial charge in [0.1, 0.15) is 0 Å². The summed E-state index contributed by atoms with van der Waals surface area (Å²) in [5, 5.41) is 0. The fraction of sp³-hybridized carbons (Fsp3) is 0.938. The Balaban J connectivity index is 2.85. The number of rotatable bonds is 10. The molecule has 0 spiro atoms. The molecular weight excluding hydrogens is 452 g/mol. The van der Waals surface area contributed by atoms with Crippen molar-refractivity contribution in [3.63, 3.8) is 0 Å². The van der Waals surface area contributed by atoms with Gasteiger partial charge in [-0.25, -0.2) is 8.78 Å². The molecule has 0 unspecified atom stereocenters. The summed E-state index contributed by atoms with van der Waals surface area (Å²) in [6, 6.07) is 0. The number of carbonyl (C=O) groups excluding carboxylic acids is 1. The van der Waals surface area contributed by atoms with Crippen LogP contribution in [0.25, 0.3) is 0 Å². The standard InChI is InChI=1S/C16H18F12O2/c17-11(18)13(21,22)15(25,26)16(27,28)14(23,24)12(19,20)8-30-10(29)7-6-9-4-2-1-3-5-9/h9,11H,1-8H2. The number of alkyl halides is 12. The molecule has 1 fully saturated rings. The van der Waals surface area contributed by atoms with Gasteiger partial charge in [0, 0.05) is 6.42 Å². The van der Waals surface area contributed by atoms with Crippen LogP contribution in [0.5, 0.6) is 0 Å². The average molecular weight is 470 g/mol. The van der Waals surface area contributed by atoms with Crippen LogP contribution in [0.4, 0.5) is 52.7 Å². The molecule has 1 aliphatic rings. The molecule has 0 N–H and O–H groups in total. The highest BCUT2D eigenvalue weighted by molar-refractivity contribution is 5.69. The maximum absolute atomic E-state index is 13.5. The molecule has 0 aromatic rings. The van der Waals surface area contributed by atoms with E-state index in [9.17, 15) is 57.5 Å². The predicted molar refractivity (Wildman–Crippen MR) is 77.5 cm³/mol. The molecule has 14 heteroatoms. The zero-order chi connectivity index (χ0) is 23.6. The maximum atomic E-state index is 13.5. The van der Waals surface area contributed by atoms with Crippen LogP contribution in [0.15, 0.2) is 0 Å². The van der Waals surface area contributed by atoms with Crippen molar-refractivity contribution < 1.29 is 62.2 Å². The number of hydrogen-bond donors (Lipinski definition) is 0. The van der Waals surface area contributed by atoms with Crippen molar-refractivity contribution in [1.82, 2.24) is 0 Å². The minimum absolute atomic E-state index is 0.0212. The SMILES string of the molecule is O=C(CCC1CCCCC1)OCC(F)(F)C(F)(F)C(F)(F)C(F)(F)C(F)(F)C(F)F. The second kappa shape index (κ2) is 9.01. The lowest BCUT2D eigenvalue weighted by Gasteiger charge is -2.38. The summed E-state index contributed by atoms with van der Waals surface area (Å²) >= 11 is 0. The fourth-order valence-electron chi connectivity index (χ4n) is 2.90. The predicted octanol–water partition coefficient (Wildman–Crippen LogP) is 6.33. The highest BCUT2D eigenvalue weighted by Gasteiger charge is 2.87. The van der Waals surface area contributed by atoms with Crippen molar-refractivity contribution in [2.75, 3.05) is 6.61 Å². The molecule has 1 saturated carbocycles. The summed E-state index contributed by atoms with van der Waals surface area (Å²) in [6.07, 6.45) is -1.93. The van der Waals surface area contributed by atoms with Crippen LogP contribution < -0.4 is 0 Å². The molecule has 0 heterocycles. The van der Waals surface area contributed by atoms with E-state index in [0.717, 1.165) is 19.3 Å². The first-order chi connectivity index (χ1) is 13.4. The number of hydrogen-bond acceptors (Lipinski definition) is 2. The summed E-state index contributed by atoms with van der Waals surface area (Å²) < 4.78 is 160. The van der Waals surface area contributed by atoms with Gasteiger partial charge in [0.05, 0.1) is 0 Å². The van der Waals surface area contributed by atoms with Crippen molar-refractivity contribution in [3.8, 4) is 0 Å². The largest absolute Gasteiger partial charge is 0.459 e. The van der Waals surface area contributed by atoms with Gasteiger partial charge in [0.15, 0.2) is 6.61 Å². The summed E-state index contributed by atoms with van der Waals surface area (Å²) in [5.41, 5.74) is 0. The monoisotopic (exact) mass is 470 g/mol. The zero-order valence-electron chi connectivity index (χ0n) is 15.2. The minimum atomic E-state index is -7.61. The number of carbonyl (C=O) groups is 1. The normalized spacial score (nSPS) is 18.0. The highest BCUT2D eigenvalue weighted by Crippen LogP contribution is 2.58. The molecule has 1 rings (SSSR count). The molecule has 0 saturated heterocycles. The number of halogens is 12. The van der Waals surface area contributed by atoms with E-state index in [2.05, 4.69) is 4.74 Å². The van der Waals surface area contributed by atoms with Gasteiger partial charge < -0.3 is 4.74 Å². The van der Waals surface area contributed by atoms with Gasteiger partial charge in [-0.1, -0.05) is 32.1 Å². The molecule has 0 amide bonds. The molecule has 2 nitrogen and oxygen atoms in total. The Hall–Kier alpha value is -1.37. The average Bonchev–Trinajstić information content (AvgIpc) is 2.64.